The fraction of sp³-hybridized carbons (Fsp3) is 0.0800. The first kappa shape index (κ1) is 19.3. The number of rotatable bonds is 5. The molecule has 5 nitrogen and oxygen atoms in total. The van der Waals surface area contributed by atoms with Crippen LogP contribution >= 0.6 is 0 Å². The van der Waals surface area contributed by atoms with E-state index in [1.54, 1.807) is 12.1 Å². The summed E-state index contributed by atoms with van der Waals surface area (Å²) in [6, 6.07) is 25.1. The van der Waals surface area contributed by atoms with Gasteiger partial charge in [0.1, 0.15) is 12.1 Å². The molecular weight excluding hydrogens is 372 g/mol. The zero-order valence-corrected chi connectivity index (χ0v) is 16.9. The summed E-state index contributed by atoms with van der Waals surface area (Å²) in [5.74, 6) is 0.552. The number of carbonyl (C=O) groups is 1. The van der Waals surface area contributed by atoms with Crippen LogP contribution in [0.2, 0.25) is 0 Å². The molecule has 0 radical (unpaired) electrons. The summed E-state index contributed by atoms with van der Waals surface area (Å²) in [4.78, 5) is 21.2. The minimum Gasteiger partial charge on any atom is -0.340 e. The standard InChI is InChI=1S/C25H22N4O/c1-17-12-18(2)14-22(13-17)29-25(30)20-8-10-21(11-9-20)28-24-15-23(26-16-27-24)19-6-4-3-5-7-19/h3-16H,1-2H3,(H,29,30)(H,26,27,28). The van der Waals surface area contributed by atoms with Gasteiger partial charge in [0.2, 0.25) is 0 Å². The molecule has 0 fully saturated rings. The highest BCUT2D eigenvalue weighted by atomic mass is 16.1. The number of hydrogen-bond acceptors (Lipinski definition) is 4. The Morgan fingerprint density at radius 2 is 1.47 bits per heavy atom. The Labute approximate surface area is 175 Å². The molecule has 3 aromatic carbocycles. The van der Waals surface area contributed by atoms with Crippen molar-refractivity contribution in [2.45, 2.75) is 13.8 Å². The summed E-state index contributed by atoms with van der Waals surface area (Å²) < 4.78 is 0. The lowest BCUT2D eigenvalue weighted by Crippen LogP contribution is -2.12. The van der Waals surface area contributed by atoms with Crippen molar-refractivity contribution < 1.29 is 4.79 Å². The maximum absolute atomic E-state index is 12.6. The van der Waals surface area contributed by atoms with Gasteiger partial charge in [-0.1, -0.05) is 36.4 Å². The molecular formula is C25H22N4O. The SMILES string of the molecule is Cc1cc(C)cc(NC(=O)c2ccc(Nc3cc(-c4ccccc4)ncn3)cc2)c1. The summed E-state index contributed by atoms with van der Waals surface area (Å²) in [6.07, 6.45) is 1.54. The van der Waals surface area contributed by atoms with E-state index >= 15 is 0 Å². The number of amides is 1. The predicted molar refractivity (Wildman–Crippen MR) is 121 cm³/mol. The molecule has 0 saturated heterocycles. The molecule has 0 aliphatic carbocycles. The van der Waals surface area contributed by atoms with Crippen molar-refractivity contribution >= 4 is 23.1 Å². The van der Waals surface area contributed by atoms with Crippen molar-refractivity contribution in [3.05, 3.63) is 102 Å². The number of aromatic nitrogens is 2. The average molecular weight is 394 g/mol. The Kier molecular flexibility index (Phi) is 5.52. The number of aryl methyl sites for hydroxylation is 2. The van der Waals surface area contributed by atoms with E-state index in [-0.39, 0.29) is 5.91 Å². The van der Waals surface area contributed by atoms with Gasteiger partial charge in [-0.3, -0.25) is 4.79 Å². The van der Waals surface area contributed by atoms with Crippen LogP contribution in [0.4, 0.5) is 17.2 Å². The molecule has 0 unspecified atom stereocenters. The summed E-state index contributed by atoms with van der Waals surface area (Å²) >= 11 is 0. The molecule has 148 valence electrons. The molecule has 0 bridgehead atoms. The quantitative estimate of drug-likeness (QED) is 0.452. The van der Waals surface area contributed by atoms with Crippen molar-refractivity contribution in [2.24, 2.45) is 0 Å². The molecule has 4 rings (SSSR count). The number of carbonyl (C=O) groups excluding carboxylic acids is 1. The molecule has 2 N–H and O–H groups in total. The van der Waals surface area contributed by atoms with Crippen LogP contribution in [0.3, 0.4) is 0 Å². The molecule has 0 aliphatic heterocycles. The third-order valence-electron chi connectivity index (χ3n) is 4.64. The minimum atomic E-state index is -0.139. The van der Waals surface area contributed by atoms with Crippen LogP contribution in [0.1, 0.15) is 21.5 Å². The van der Waals surface area contributed by atoms with Gasteiger partial charge in [0.25, 0.3) is 5.91 Å². The molecule has 0 aliphatic rings. The van der Waals surface area contributed by atoms with Crippen molar-refractivity contribution in [1.29, 1.82) is 0 Å². The van der Waals surface area contributed by atoms with E-state index in [4.69, 9.17) is 0 Å². The Bertz CT molecular complexity index is 1150. The van der Waals surface area contributed by atoms with Gasteiger partial charge in [-0.25, -0.2) is 9.97 Å². The Morgan fingerprint density at radius 3 is 2.17 bits per heavy atom. The second-order valence-electron chi connectivity index (χ2n) is 7.19. The first-order valence-corrected chi connectivity index (χ1v) is 9.71. The van der Waals surface area contributed by atoms with E-state index < -0.39 is 0 Å². The van der Waals surface area contributed by atoms with Gasteiger partial charge in [0.15, 0.2) is 0 Å². The van der Waals surface area contributed by atoms with E-state index in [9.17, 15) is 4.79 Å². The number of nitrogens with one attached hydrogen (secondary N) is 2. The molecule has 0 saturated carbocycles. The fourth-order valence-electron chi connectivity index (χ4n) is 3.30. The molecule has 1 aromatic heterocycles. The van der Waals surface area contributed by atoms with Crippen LogP contribution in [-0.4, -0.2) is 15.9 Å². The third-order valence-corrected chi connectivity index (χ3v) is 4.64. The van der Waals surface area contributed by atoms with Gasteiger partial charge in [-0.2, -0.15) is 0 Å². The lowest BCUT2D eigenvalue weighted by molar-refractivity contribution is 0.102. The highest BCUT2D eigenvalue weighted by Gasteiger charge is 2.08. The van der Waals surface area contributed by atoms with Crippen LogP contribution in [-0.2, 0) is 0 Å². The van der Waals surface area contributed by atoms with Crippen LogP contribution in [0, 0.1) is 13.8 Å². The second-order valence-corrected chi connectivity index (χ2v) is 7.19. The largest absolute Gasteiger partial charge is 0.340 e. The van der Waals surface area contributed by atoms with Crippen molar-refractivity contribution in [2.75, 3.05) is 10.6 Å². The first-order chi connectivity index (χ1) is 14.6. The Balaban J connectivity index is 1.45. The summed E-state index contributed by atoms with van der Waals surface area (Å²) in [7, 11) is 0. The minimum absolute atomic E-state index is 0.139. The maximum Gasteiger partial charge on any atom is 0.255 e. The van der Waals surface area contributed by atoms with Gasteiger partial charge >= 0.3 is 0 Å². The Morgan fingerprint density at radius 1 is 0.767 bits per heavy atom. The predicted octanol–water partition coefficient (Wildman–Crippen LogP) is 5.76. The smallest absolute Gasteiger partial charge is 0.255 e. The zero-order valence-electron chi connectivity index (χ0n) is 16.9. The molecule has 4 aromatic rings. The van der Waals surface area contributed by atoms with E-state index in [0.717, 1.165) is 33.8 Å². The van der Waals surface area contributed by atoms with Crippen LogP contribution in [0.25, 0.3) is 11.3 Å². The van der Waals surface area contributed by atoms with Crippen molar-refractivity contribution in [1.82, 2.24) is 9.97 Å². The van der Waals surface area contributed by atoms with Crippen LogP contribution in [0.5, 0.6) is 0 Å². The average Bonchev–Trinajstić information content (AvgIpc) is 2.74. The molecule has 0 spiro atoms. The molecule has 5 heteroatoms. The lowest BCUT2D eigenvalue weighted by atomic mass is 10.1. The highest BCUT2D eigenvalue weighted by Crippen LogP contribution is 2.21. The first-order valence-electron chi connectivity index (χ1n) is 9.71. The molecule has 0 atom stereocenters. The van der Waals surface area contributed by atoms with Crippen molar-refractivity contribution in [3.8, 4) is 11.3 Å². The van der Waals surface area contributed by atoms with Crippen molar-refractivity contribution in [3.63, 3.8) is 0 Å². The third kappa shape index (κ3) is 4.70. The number of anilines is 3. The van der Waals surface area contributed by atoms with Gasteiger partial charge < -0.3 is 10.6 Å². The van der Waals surface area contributed by atoms with Gasteiger partial charge in [0, 0.05) is 28.6 Å². The molecule has 1 amide bonds. The van der Waals surface area contributed by atoms with E-state index in [1.165, 1.54) is 6.33 Å². The van der Waals surface area contributed by atoms with Crippen LogP contribution in [0.15, 0.2) is 85.2 Å². The monoisotopic (exact) mass is 394 g/mol. The van der Waals surface area contributed by atoms with E-state index in [0.29, 0.717) is 11.4 Å². The zero-order chi connectivity index (χ0) is 20.9. The summed E-state index contributed by atoms with van der Waals surface area (Å²) in [5.41, 5.74) is 6.34. The number of hydrogen-bond donors (Lipinski definition) is 2. The van der Waals surface area contributed by atoms with Crippen LogP contribution < -0.4 is 10.6 Å². The maximum atomic E-state index is 12.6. The topological polar surface area (TPSA) is 66.9 Å². The number of nitrogens with zero attached hydrogens (tertiary/aromatic N) is 2. The fourth-order valence-corrected chi connectivity index (χ4v) is 3.30. The second kappa shape index (κ2) is 8.57. The van der Waals surface area contributed by atoms with Gasteiger partial charge in [0.05, 0.1) is 5.69 Å². The van der Waals surface area contributed by atoms with Gasteiger partial charge in [-0.15, -0.1) is 0 Å². The van der Waals surface area contributed by atoms with Gasteiger partial charge in [-0.05, 0) is 61.4 Å². The summed E-state index contributed by atoms with van der Waals surface area (Å²) in [5, 5.41) is 6.22. The molecule has 30 heavy (non-hydrogen) atoms. The summed E-state index contributed by atoms with van der Waals surface area (Å²) in [6.45, 7) is 4.03. The molecule has 1 heterocycles. The normalized spacial score (nSPS) is 10.5. The highest BCUT2D eigenvalue weighted by molar-refractivity contribution is 6.04. The van der Waals surface area contributed by atoms with E-state index in [2.05, 4.69) is 26.7 Å². The Hall–Kier alpha value is -3.99. The van der Waals surface area contributed by atoms with E-state index in [1.807, 2.05) is 74.5 Å². The number of benzene rings is 3. The lowest BCUT2D eigenvalue weighted by Gasteiger charge is -2.10.